The Bertz CT molecular complexity index is 1370. The maximum atomic E-state index is 11.5. The van der Waals surface area contributed by atoms with E-state index in [0.717, 1.165) is 55.4 Å². The molecule has 37 heavy (non-hydrogen) atoms. The second kappa shape index (κ2) is 12.5. The van der Waals surface area contributed by atoms with Gasteiger partial charge in [-0.05, 0) is 35.2 Å². The Hall–Kier alpha value is -3.76. The number of anilines is 1. The van der Waals surface area contributed by atoms with Crippen LogP contribution >= 0.6 is 0 Å². The summed E-state index contributed by atoms with van der Waals surface area (Å²) in [6, 6.07) is 18.2. The van der Waals surface area contributed by atoms with E-state index in [0.29, 0.717) is 0 Å². The molecule has 0 aliphatic carbocycles. The number of carboxylic acid groups (broad SMARTS) is 2. The zero-order valence-electron chi connectivity index (χ0n) is 20.9. The van der Waals surface area contributed by atoms with Crippen LogP contribution in [0, 0.1) is 0 Å². The second-order valence-corrected chi connectivity index (χ2v) is 10.9. The van der Waals surface area contributed by atoms with E-state index in [2.05, 4.69) is 47.1 Å². The lowest BCUT2D eigenvalue weighted by Crippen LogP contribution is -2.46. The van der Waals surface area contributed by atoms with E-state index in [1.165, 1.54) is 17.0 Å². The third-order valence-corrected chi connectivity index (χ3v) is 6.75. The lowest BCUT2D eigenvalue weighted by Gasteiger charge is -2.35. The highest BCUT2D eigenvalue weighted by molar-refractivity contribution is 7.89. The van der Waals surface area contributed by atoms with Gasteiger partial charge < -0.3 is 20.0 Å². The largest absolute Gasteiger partial charge is 0.473 e. The number of piperazine rings is 1. The molecule has 0 amide bonds. The molecule has 0 radical (unpaired) electrons. The fourth-order valence-corrected chi connectivity index (χ4v) is 4.81. The number of benzene rings is 2. The first kappa shape index (κ1) is 27.8. The van der Waals surface area contributed by atoms with Crippen LogP contribution in [0.1, 0.15) is 23.7 Å². The van der Waals surface area contributed by atoms with Gasteiger partial charge in [-0.25, -0.2) is 23.0 Å². The Kier molecular flexibility index (Phi) is 9.37. The van der Waals surface area contributed by atoms with E-state index in [4.69, 9.17) is 24.8 Å². The molecule has 0 unspecified atom stereocenters. The minimum atomic E-state index is -3.02. The van der Waals surface area contributed by atoms with Gasteiger partial charge in [-0.1, -0.05) is 61.5 Å². The van der Waals surface area contributed by atoms with Gasteiger partial charge >= 0.3 is 11.9 Å². The molecule has 1 aliphatic heterocycles. The first-order valence-electron chi connectivity index (χ1n) is 11.8. The molecule has 196 valence electrons. The number of carbonyl (C=O) groups is 2. The number of sulfone groups is 1. The molecule has 0 atom stereocenters. The number of carboxylic acids is 2. The van der Waals surface area contributed by atoms with Gasteiger partial charge in [-0.2, -0.15) is 0 Å². The van der Waals surface area contributed by atoms with E-state index in [1.54, 1.807) is 0 Å². The number of aromatic nitrogens is 1. The highest BCUT2D eigenvalue weighted by atomic mass is 32.2. The lowest BCUT2D eigenvalue weighted by molar-refractivity contribution is -0.159. The van der Waals surface area contributed by atoms with Crippen LogP contribution in [0.2, 0.25) is 0 Å². The zero-order valence-corrected chi connectivity index (χ0v) is 21.7. The second-order valence-electron chi connectivity index (χ2n) is 8.77. The van der Waals surface area contributed by atoms with E-state index >= 15 is 0 Å². The van der Waals surface area contributed by atoms with Crippen molar-refractivity contribution < 1.29 is 28.2 Å². The number of nitrogens with zero attached hydrogens (tertiary/aromatic N) is 3. The summed E-state index contributed by atoms with van der Waals surface area (Å²) in [4.78, 5) is 28.1. The molecule has 1 aliphatic rings. The fraction of sp³-hybridized carbons (Fsp3) is 0.296. The molecule has 3 aromatic rings. The van der Waals surface area contributed by atoms with Crippen LogP contribution in [0.15, 0.2) is 54.6 Å². The van der Waals surface area contributed by atoms with Gasteiger partial charge in [0.2, 0.25) is 0 Å². The van der Waals surface area contributed by atoms with E-state index in [-0.39, 0.29) is 5.75 Å². The van der Waals surface area contributed by atoms with Crippen molar-refractivity contribution >= 4 is 50.5 Å². The molecule has 2 heterocycles. The molecule has 0 bridgehead atoms. The minimum absolute atomic E-state index is 0.0673. The minimum Gasteiger partial charge on any atom is -0.473 e. The van der Waals surface area contributed by atoms with Gasteiger partial charge in [0.1, 0.15) is 5.82 Å². The van der Waals surface area contributed by atoms with Gasteiger partial charge in [0, 0.05) is 37.8 Å². The van der Waals surface area contributed by atoms with Crippen LogP contribution < -0.4 is 4.90 Å². The van der Waals surface area contributed by atoms with Crippen molar-refractivity contribution in [2.45, 2.75) is 12.7 Å². The summed E-state index contributed by atoms with van der Waals surface area (Å²) in [6.07, 6.45) is 5.32. The number of aliphatic carboxylic acids is 2. The predicted octanol–water partition coefficient (Wildman–Crippen LogP) is 3.25. The maximum Gasteiger partial charge on any atom is 0.414 e. The Balaban J connectivity index is 0.000000568. The Morgan fingerprint density at radius 1 is 0.946 bits per heavy atom. The maximum absolute atomic E-state index is 11.5. The van der Waals surface area contributed by atoms with Crippen molar-refractivity contribution in [2.75, 3.05) is 43.9 Å². The standard InChI is InChI=1S/C25H29N3O2S.C2H2O4/c1-3-27-14-16-28(17-15-27)25-24-7-5-4-6-22(24)18-23(26-25)13-12-20-8-10-21(11-9-20)19-31(2,29)30;3-1(4)2(5)6/h4-13,18H,3,14-17,19H2,1-2H3;(H,3,4)(H,5,6). The number of rotatable bonds is 6. The molecule has 1 saturated heterocycles. The number of hydrogen-bond donors (Lipinski definition) is 2. The summed E-state index contributed by atoms with van der Waals surface area (Å²) in [5.74, 6) is -2.53. The van der Waals surface area contributed by atoms with Gasteiger partial charge in [-0.15, -0.1) is 0 Å². The Morgan fingerprint density at radius 2 is 1.57 bits per heavy atom. The van der Waals surface area contributed by atoms with Crippen molar-refractivity contribution in [3.63, 3.8) is 0 Å². The van der Waals surface area contributed by atoms with Crippen LogP contribution in [-0.4, -0.2) is 79.4 Å². The smallest absolute Gasteiger partial charge is 0.414 e. The van der Waals surface area contributed by atoms with Crippen LogP contribution in [0.4, 0.5) is 5.82 Å². The number of pyridine rings is 1. The van der Waals surface area contributed by atoms with Crippen LogP contribution in [0.3, 0.4) is 0 Å². The summed E-state index contributed by atoms with van der Waals surface area (Å²) in [5, 5.41) is 17.2. The van der Waals surface area contributed by atoms with Crippen molar-refractivity contribution in [2.24, 2.45) is 0 Å². The van der Waals surface area contributed by atoms with E-state index in [1.807, 2.05) is 36.4 Å². The van der Waals surface area contributed by atoms with E-state index < -0.39 is 21.8 Å². The van der Waals surface area contributed by atoms with Crippen molar-refractivity contribution in [1.29, 1.82) is 0 Å². The predicted molar refractivity (Wildman–Crippen MR) is 145 cm³/mol. The molecule has 9 nitrogen and oxygen atoms in total. The van der Waals surface area contributed by atoms with Gasteiger partial charge in [0.05, 0.1) is 11.4 Å². The molecule has 2 N–H and O–H groups in total. The SMILES string of the molecule is CCN1CCN(c2nc(C=Cc3ccc(CS(C)(=O)=O)cc3)cc3ccccc23)CC1.O=C(O)C(=O)O. The van der Waals surface area contributed by atoms with Crippen molar-refractivity contribution in [1.82, 2.24) is 9.88 Å². The zero-order chi connectivity index (χ0) is 27.0. The van der Waals surface area contributed by atoms with Gasteiger partial charge in [0.25, 0.3) is 0 Å². The van der Waals surface area contributed by atoms with Crippen molar-refractivity contribution in [3.8, 4) is 0 Å². The third-order valence-electron chi connectivity index (χ3n) is 5.90. The molecule has 4 rings (SSSR count). The highest BCUT2D eigenvalue weighted by Crippen LogP contribution is 2.27. The summed E-state index contributed by atoms with van der Waals surface area (Å²) in [6.45, 7) is 7.40. The first-order valence-corrected chi connectivity index (χ1v) is 13.9. The number of likely N-dealkylation sites (N-methyl/N-ethyl adjacent to an activating group) is 1. The molecular formula is C27H31N3O6S. The summed E-state index contributed by atoms with van der Waals surface area (Å²) in [7, 11) is -3.02. The molecule has 10 heteroatoms. The molecule has 2 aromatic carbocycles. The monoisotopic (exact) mass is 525 g/mol. The van der Waals surface area contributed by atoms with Gasteiger partial charge in [0.15, 0.2) is 9.84 Å². The average Bonchev–Trinajstić information content (AvgIpc) is 2.87. The third kappa shape index (κ3) is 8.40. The summed E-state index contributed by atoms with van der Waals surface area (Å²) >= 11 is 0. The van der Waals surface area contributed by atoms with Gasteiger partial charge in [-0.3, -0.25) is 0 Å². The van der Waals surface area contributed by atoms with Crippen LogP contribution in [-0.2, 0) is 25.2 Å². The normalized spacial score (nSPS) is 14.4. The van der Waals surface area contributed by atoms with Crippen molar-refractivity contribution in [3.05, 3.63) is 71.4 Å². The molecule has 1 fully saturated rings. The van der Waals surface area contributed by atoms with Crippen LogP contribution in [0.25, 0.3) is 22.9 Å². The molecule has 0 spiro atoms. The Labute approximate surface area is 216 Å². The van der Waals surface area contributed by atoms with E-state index in [9.17, 15) is 8.42 Å². The van der Waals surface area contributed by atoms with Crippen LogP contribution in [0.5, 0.6) is 0 Å². The quantitative estimate of drug-likeness (QED) is 0.466. The summed E-state index contributed by atoms with van der Waals surface area (Å²) in [5.41, 5.74) is 2.74. The Morgan fingerprint density at radius 3 is 2.14 bits per heavy atom. The summed E-state index contributed by atoms with van der Waals surface area (Å²) < 4.78 is 22.9. The molecular weight excluding hydrogens is 494 g/mol. The highest BCUT2D eigenvalue weighted by Gasteiger charge is 2.19. The number of hydrogen-bond acceptors (Lipinski definition) is 7. The molecule has 0 saturated carbocycles. The average molecular weight is 526 g/mol. The molecule has 1 aromatic heterocycles. The lowest BCUT2D eigenvalue weighted by atomic mass is 10.1. The number of fused-ring (bicyclic) bond motifs is 1. The first-order chi connectivity index (χ1) is 17.6. The topological polar surface area (TPSA) is 128 Å². The fourth-order valence-electron chi connectivity index (χ4n) is 4.01.